The van der Waals surface area contributed by atoms with Gasteiger partial charge in [0.25, 0.3) is 0 Å². The maximum atomic E-state index is 13.1. The second-order valence-corrected chi connectivity index (χ2v) is 2.00. The second-order valence-electron chi connectivity index (χ2n) is 2.00. The van der Waals surface area contributed by atoms with Crippen molar-refractivity contribution in [3.8, 4) is 0 Å². The van der Waals surface area contributed by atoms with Crippen molar-refractivity contribution in [1.29, 1.82) is 0 Å². The molecule has 5 nitrogen and oxygen atoms in total. The van der Waals surface area contributed by atoms with Crippen molar-refractivity contribution in [2.45, 2.75) is 13.3 Å². The van der Waals surface area contributed by atoms with E-state index in [9.17, 15) is 4.39 Å². The zero-order valence-electron chi connectivity index (χ0n) is 6.40. The van der Waals surface area contributed by atoms with Crippen molar-refractivity contribution in [3.63, 3.8) is 0 Å². The van der Waals surface area contributed by atoms with Crippen LogP contribution in [-0.2, 0) is 6.42 Å². The minimum absolute atomic E-state index is 0.246. The average molecular weight is 167 g/mol. The first kappa shape index (κ1) is 8.42. The molecule has 0 radical (unpaired) electrons. The van der Waals surface area contributed by atoms with Gasteiger partial charge >= 0.3 is 0 Å². The molecule has 0 fully saturated rings. The van der Waals surface area contributed by atoms with E-state index in [1.165, 1.54) is 6.33 Å². The van der Waals surface area contributed by atoms with Gasteiger partial charge in [0.15, 0.2) is 11.6 Å². The van der Waals surface area contributed by atoms with Crippen LogP contribution in [0.25, 0.3) is 10.4 Å². The first-order valence-corrected chi connectivity index (χ1v) is 3.34. The normalized spacial score (nSPS) is 9.17. The van der Waals surface area contributed by atoms with Crippen molar-refractivity contribution in [2.75, 3.05) is 0 Å². The maximum Gasteiger partial charge on any atom is 0.172 e. The van der Waals surface area contributed by atoms with E-state index in [0.717, 1.165) is 0 Å². The van der Waals surface area contributed by atoms with Gasteiger partial charge in [0.2, 0.25) is 0 Å². The molecule has 0 saturated heterocycles. The summed E-state index contributed by atoms with van der Waals surface area (Å²) in [7, 11) is 0. The Morgan fingerprint density at radius 2 is 2.42 bits per heavy atom. The van der Waals surface area contributed by atoms with Gasteiger partial charge in [0, 0.05) is 4.91 Å². The molecule has 6 heteroatoms. The molecular formula is C6H6FN5. The summed E-state index contributed by atoms with van der Waals surface area (Å²) in [6.07, 6.45) is 1.62. The summed E-state index contributed by atoms with van der Waals surface area (Å²) in [4.78, 5) is 9.58. The van der Waals surface area contributed by atoms with Crippen molar-refractivity contribution < 1.29 is 4.39 Å². The molecule has 0 bridgehead atoms. The highest BCUT2D eigenvalue weighted by molar-refractivity contribution is 5.29. The van der Waals surface area contributed by atoms with Crippen LogP contribution >= 0.6 is 0 Å². The van der Waals surface area contributed by atoms with Gasteiger partial charge in [0.1, 0.15) is 6.33 Å². The summed E-state index contributed by atoms with van der Waals surface area (Å²) in [5.74, 6) is -0.887. The van der Waals surface area contributed by atoms with Gasteiger partial charge in [-0.25, -0.2) is 14.4 Å². The highest BCUT2D eigenvalue weighted by Gasteiger charge is 2.06. The molecular weight excluding hydrogens is 161 g/mol. The molecule has 62 valence electrons. The van der Waals surface area contributed by atoms with Crippen molar-refractivity contribution in [2.24, 2.45) is 5.11 Å². The van der Waals surface area contributed by atoms with Gasteiger partial charge in [-0.3, -0.25) is 0 Å². The summed E-state index contributed by atoms with van der Waals surface area (Å²) >= 11 is 0. The Kier molecular flexibility index (Phi) is 2.55. The van der Waals surface area contributed by atoms with Crippen LogP contribution in [0.4, 0.5) is 10.2 Å². The van der Waals surface area contributed by atoms with E-state index in [4.69, 9.17) is 5.53 Å². The molecule has 0 N–H and O–H groups in total. The molecule has 0 aliphatic rings. The molecule has 0 atom stereocenters. The predicted octanol–water partition coefficient (Wildman–Crippen LogP) is 2.12. The van der Waals surface area contributed by atoms with Crippen LogP contribution in [0.5, 0.6) is 0 Å². The molecule has 1 aromatic heterocycles. The molecule has 0 unspecified atom stereocenters. The third kappa shape index (κ3) is 1.49. The summed E-state index contributed by atoms with van der Waals surface area (Å²) in [6, 6.07) is 0. The summed E-state index contributed by atoms with van der Waals surface area (Å²) in [5, 5.41) is 3.07. The highest BCUT2D eigenvalue weighted by Crippen LogP contribution is 2.15. The number of azide groups is 1. The van der Waals surface area contributed by atoms with Gasteiger partial charge in [-0.2, -0.15) is 0 Å². The van der Waals surface area contributed by atoms with E-state index in [2.05, 4.69) is 20.0 Å². The lowest BCUT2D eigenvalue weighted by molar-refractivity contribution is 0.596. The first-order valence-electron chi connectivity index (χ1n) is 3.34. The number of rotatable bonds is 2. The Morgan fingerprint density at radius 3 is 3.00 bits per heavy atom. The molecule has 0 spiro atoms. The number of hydrogen-bond donors (Lipinski definition) is 0. The molecule has 12 heavy (non-hydrogen) atoms. The van der Waals surface area contributed by atoms with Gasteiger partial charge in [-0.05, 0) is 17.1 Å². The van der Waals surface area contributed by atoms with Gasteiger partial charge < -0.3 is 0 Å². The van der Waals surface area contributed by atoms with Crippen LogP contribution in [0.2, 0.25) is 0 Å². The number of halogens is 1. The third-order valence-electron chi connectivity index (χ3n) is 1.32. The van der Waals surface area contributed by atoms with E-state index < -0.39 is 5.82 Å². The lowest BCUT2D eigenvalue weighted by Gasteiger charge is -1.98. The summed E-state index contributed by atoms with van der Waals surface area (Å²) in [5.41, 5.74) is 8.30. The van der Waals surface area contributed by atoms with E-state index >= 15 is 0 Å². The zero-order valence-corrected chi connectivity index (χ0v) is 6.40. The standard InChI is InChI=1S/C6H6FN5/c1-2-4-5(7)6(11-12-8)10-3-9-4/h3H,2H2,1H3. The van der Waals surface area contributed by atoms with E-state index in [1.807, 2.05) is 0 Å². The SMILES string of the molecule is CCc1ncnc(N=[N+]=[N-])c1F. The van der Waals surface area contributed by atoms with E-state index in [0.29, 0.717) is 6.42 Å². The van der Waals surface area contributed by atoms with Gasteiger partial charge in [-0.15, -0.1) is 0 Å². The number of aryl methyl sites for hydroxylation is 1. The number of nitrogens with zero attached hydrogens (tertiary/aromatic N) is 5. The highest BCUT2D eigenvalue weighted by atomic mass is 19.1. The van der Waals surface area contributed by atoms with Gasteiger partial charge in [0.05, 0.1) is 5.69 Å². The third-order valence-corrected chi connectivity index (χ3v) is 1.32. The zero-order chi connectivity index (χ0) is 8.97. The Labute approximate surface area is 67.9 Å². The van der Waals surface area contributed by atoms with E-state index in [1.54, 1.807) is 6.92 Å². The Bertz CT molecular complexity index is 331. The molecule has 0 aromatic carbocycles. The summed E-state index contributed by atoms with van der Waals surface area (Å²) in [6.45, 7) is 1.76. The van der Waals surface area contributed by atoms with Crippen LogP contribution in [0.1, 0.15) is 12.6 Å². The smallest absolute Gasteiger partial charge is 0.172 e. The Balaban J connectivity index is 3.22. The Morgan fingerprint density at radius 1 is 1.67 bits per heavy atom. The average Bonchev–Trinajstić information content (AvgIpc) is 2.09. The topological polar surface area (TPSA) is 74.5 Å². The van der Waals surface area contributed by atoms with Crippen LogP contribution < -0.4 is 0 Å². The molecule has 1 heterocycles. The molecule has 1 rings (SSSR count). The Hall–Kier alpha value is -1.68. The van der Waals surface area contributed by atoms with Crippen LogP contribution in [0, 0.1) is 5.82 Å². The number of hydrogen-bond acceptors (Lipinski definition) is 3. The van der Waals surface area contributed by atoms with Crippen LogP contribution in [0.15, 0.2) is 11.4 Å². The van der Waals surface area contributed by atoms with Crippen molar-refractivity contribution in [1.82, 2.24) is 9.97 Å². The monoisotopic (exact) mass is 167 g/mol. The second kappa shape index (κ2) is 3.64. The number of aromatic nitrogens is 2. The lowest BCUT2D eigenvalue weighted by atomic mass is 10.3. The quantitative estimate of drug-likeness (QED) is 0.384. The fraction of sp³-hybridized carbons (Fsp3) is 0.333. The molecule has 0 amide bonds. The van der Waals surface area contributed by atoms with Crippen LogP contribution in [-0.4, -0.2) is 9.97 Å². The minimum Gasteiger partial charge on any atom is -0.238 e. The molecule has 0 aliphatic heterocycles. The predicted molar refractivity (Wildman–Crippen MR) is 40.2 cm³/mol. The fourth-order valence-electron chi connectivity index (χ4n) is 0.754. The maximum absolute atomic E-state index is 13.1. The first-order chi connectivity index (χ1) is 5.79. The van der Waals surface area contributed by atoms with Crippen molar-refractivity contribution >= 4 is 5.82 Å². The van der Waals surface area contributed by atoms with E-state index in [-0.39, 0.29) is 11.5 Å². The molecule has 0 aliphatic carbocycles. The largest absolute Gasteiger partial charge is 0.238 e. The fourth-order valence-corrected chi connectivity index (χ4v) is 0.754. The molecule has 0 saturated carbocycles. The minimum atomic E-state index is -0.641. The summed E-state index contributed by atoms with van der Waals surface area (Å²) < 4.78 is 13.1. The lowest BCUT2D eigenvalue weighted by Crippen LogP contribution is -1.94. The molecule has 1 aromatic rings. The van der Waals surface area contributed by atoms with Gasteiger partial charge in [-0.1, -0.05) is 6.92 Å². The van der Waals surface area contributed by atoms with Crippen LogP contribution in [0.3, 0.4) is 0 Å². The van der Waals surface area contributed by atoms with Crippen molar-refractivity contribution in [3.05, 3.63) is 28.3 Å².